The number of benzene rings is 1. The predicted octanol–water partition coefficient (Wildman–Crippen LogP) is 1.40. The van der Waals surface area contributed by atoms with Crippen molar-refractivity contribution in [3.63, 3.8) is 0 Å². The van der Waals surface area contributed by atoms with Crippen LogP contribution in [-0.2, 0) is 27.3 Å². The van der Waals surface area contributed by atoms with Gasteiger partial charge in [0.15, 0.2) is 5.76 Å². The van der Waals surface area contributed by atoms with E-state index in [4.69, 9.17) is 9.15 Å². The van der Waals surface area contributed by atoms with E-state index in [-0.39, 0.29) is 13.0 Å². The molecule has 0 bridgehead atoms. The number of furan rings is 1. The highest BCUT2D eigenvalue weighted by Crippen LogP contribution is 2.15. The fourth-order valence-corrected chi connectivity index (χ4v) is 2.68. The molecule has 1 atom stereocenters. The number of hydrogen-bond donors (Lipinski definition) is 1. The molecule has 0 saturated heterocycles. The Morgan fingerprint density at radius 3 is 2.61 bits per heavy atom. The highest BCUT2D eigenvalue weighted by atomic mass is 16.5. The largest absolute Gasteiger partial charge is 0.467 e. The smallest absolute Gasteiger partial charge is 0.328 e. The molecule has 0 fully saturated rings. The number of methoxy groups -OCH3 is 1. The van der Waals surface area contributed by atoms with E-state index >= 15 is 0 Å². The van der Waals surface area contributed by atoms with Gasteiger partial charge in [0.25, 0.3) is 5.56 Å². The van der Waals surface area contributed by atoms with Gasteiger partial charge in [-0.1, -0.05) is 30.3 Å². The van der Waals surface area contributed by atoms with Gasteiger partial charge in [0.2, 0.25) is 5.91 Å². The first kappa shape index (κ1) is 19.1. The molecule has 2 heterocycles. The molecule has 0 aliphatic rings. The quantitative estimate of drug-likeness (QED) is 0.621. The lowest BCUT2D eigenvalue weighted by molar-refractivity contribution is -0.145. The van der Waals surface area contributed by atoms with E-state index in [1.165, 1.54) is 25.5 Å². The van der Waals surface area contributed by atoms with Crippen LogP contribution in [0.25, 0.3) is 11.5 Å². The van der Waals surface area contributed by atoms with E-state index in [0.717, 1.165) is 10.2 Å². The lowest BCUT2D eigenvalue weighted by atomic mass is 10.1. The second-order valence-electron chi connectivity index (χ2n) is 6.02. The number of hydrogen-bond acceptors (Lipinski definition) is 6. The number of aromatic nitrogens is 2. The molecule has 8 heteroatoms. The Bertz CT molecular complexity index is 996. The maximum absolute atomic E-state index is 12.4. The summed E-state index contributed by atoms with van der Waals surface area (Å²) in [5.74, 6) is -0.620. The fraction of sp³-hybridized carbons (Fsp3) is 0.200. The molecule has 0 aliphatic carbocycles. The Labute approximate surface area is 160 Å². The number of carbonyl (C=O) groups is 2. The van der Waals surface area contributed by atoms with Crippen LogP contribution in [-0.4, -0.2) is 34.8 Å². The third kappa shape index (κ3) is 4.73. The highest BCUT2D eigenvalue weighted by Gasteiger charge is 2.22. The Morgan fingerprint density at radius 2 is 1.93 bits per heavy atom. The summed E-state index contributed by atoms with van der Waals surface area (Å²) in [6, 6.07) is 14.6. The number of nitrogens with zero attached hydrogens (tertiary/aromatic N) is 2. The molecule has 144 valence electrons. The van der Waals surface area contributed by atoms with Crippen LogP contribution >= 0.6 is 0 Å². The van der Waals surface area contributed by atoms with Gasteiger partial charge in [0.1, 0.15) is 18.3 Å². The van der Waals surface area contributed by atoms with Crippen molar-refractivity contribution in [2.24, 2.45) is 0 Å². The molecule has 1 amide bonds. The van der Waals surface area contributed by atoms with E-state index in [2.05, 4.69) is 10.4 Å². The molecule has 3 rings (SSSR count). The normalized spacial score (nSPS) is 11.6. The molecule has 1 aromatic carbocycles. The summed E-state index contributed by atoms with van der Waals surface area (Å²) in [6.07, 6.45) is 1.76. The van der Waals surface area contributed by atoms with E-state index in [0.29, 0.717) is 11.5 Å². The van der Waals surface area contributed by atoms with Crippen molar-refractivity contribution in [3.8, 4) is 11.5 Å². The van der Waals surface area contributed by atoms with Crippen molar-refractivity contribution in [3.05, 3.63) is 76.8 Å². The van der Waals surface area contributed by atoms with Crippen molar-refractivity contribution in [2.75, 3.05) is 7.11 Å². The third-order valence-corrected chi connectivity index (χ3v) is 4.04. The third-order valence-electron chi connectivity index (χ3n) is 4.04. The highest BCUT2D eigenvalue weighted by molar-refractivity contribution is 5.84. The molecule has 0 aliphatic heterocycles. The molecule has 0 radical (unpaired) electrons. The Kier molecular flexibility index (Phi) is 6.01. The zero-order valence-corrected chi connectivity index (χ0v) is 15.2. The molecule has 0 saturated carbocycles. The second kappa shape index (κ2) is 8.81. The minimum absolute atomic E-state index is 0.272. The molecular formula is C20H19N3O5. The first-order chi connectivity index (χ1) is 13.6. The van der Waals surface area contributed by atoms with E-state index < -0.39 is 23.5 Å². The van der Waals surface area contributed by atoms with Crippen LogP contribution in [0.1, 0.15) is 5.56 Å². The van der Waals surface area contributed by atoms with Gasteiger partial charge >= 0.3 is 5.97 Å². The van der Waals surface area contributed by atoms with Gasteiger partial charge in [-0.3, -0.25) is 9.59 Å². The van der Waals surface area contributed by atoms with Crippen LogP contribution in [0.15, 0.2) is 70.1 Å². The Balaban J connectivity index is 1.73. The first-order valence-corrected chi connectivity index (χ1v) is 8.60. The van der Waals surface area contributed by atoms with Crippen LogP contribution in [0.2, 0.25) is 0 Å². The van der Waals surface area contributed by atoms with Gasteiger partial charge < -0.3 is 14.5 Å². The molecule has 1 N–H and O–H groups in total. The molecule has 0 unspecified atom stereocenters. The maximum Gasteiger partial charge on any atom is 0.328 e. The fourth-order valence-electron chi connectivity index (χ4n) is 2.68. The summed E-state index contributed by atoms with van der Waals surface area (Å²) >= 11 is 0. The number of nitrogens with one attached hydrogen (secondary N) is 1. The van der Waals surface area contributed by atoms with Crippen LogP contribution in [0.5, 0.6) is 0 Å². The van der Waals surface area contributed by atoms with Gasteiger partial charge in [-0.15, -0.1) is 0 Å². The van der Waals surface area contributed by atoms with E-state index in [1.54, 1.807) is 12.1 Å². The molecular weight excluding hydrogens is 362 g/mol. The van der Waals surface area contributed by atoms with Crippen molar-refractivity contribution in [1.29, 1.82) is 0 Å². The Hall–Kier alpha value is -3.68. The van der Waals surface area contributed by atoms with E-state index in [9.17, 15) is 14.4 Å². The van der Waals surface area contributed by atoms with Crippen LogP contribution < -0.4 is 10.9 Å². The Morgan fingerprint density at radius 1 is 1.14 bits per heavy atom. The number of amides is 1. The van der Waals surface area contributed by atoms with Gasteiger partial charge in [-0.25, -0.2) is 9.48 Å². The van der Waals surface area contributed by atoms with Crippen LogP contribution in [0.4, 0.5) is 0 Å². The summed E-state index contributed by atoms with van der Waals surface area (Å²) in [6.45, 7) is -0.338. The average Bonchev–Trinajstić information content (AvgIpc) is 3.24. The van der Waals surface area contributed by atoms with Crippen molar-refractivity contribution < 1.29 is 18.7 Å². The molecule has 3 aromatic rings. The van der Waals surface area contributed by atoms with Gasteiger partial charge in [-0.05, 0) is 23.8 Å². The number of rotatable bonds is 7. The van der Waals surface area contributed by atoms with E-state index in [1.807, 2.05) is 30.3 Å². The summed E-state index contributed by atoms with van der Waals surface area (Å²) in [5.41, 5.74) is 0.850. The maximum atomic E-state index is 12.4. The van der Waals surface area contributed by atoms with Crippen molar-refractivity contribution in [2.45, 2.75) is 19.0 Å². The molecule has 2 aromatic heterocycles. The lowest BCUT2D eigenvalue weighted by Crippen LogP contribution is -2.45. The standard InChI is InChI=1S/C20H19N3O5/c1-27-20(26)16(12-14-6-3-2-4-7-14)21-18(24)13-23-19(25)10-9-15(22-23)17-8-5-11-28-17/h2-11,16H,12-13H2,1H3,(H,21,24)/t16-/m0/s1. The first-order valence-electron chi connectivity index (χ1n) is 8.60. The number of carbonyl (C=O) groups excluding carboxylic acids is 2. The minimum Gasteiger partial charge on any atom is -0.467 e. The van der Waals surface area contributed by atoms with Gasteiger partial charge in [-0.2, -0.15) is 5.10 Å². The number of ether oxygens (including phenoxy) is 1. The molecule has 0 spiro atoms. The van der Waals surface area contributed by atoms with Crippen LogP contribution in [0, 0.1) is 0 Å². The summed E-state index contributed by atoms with van der Waals surface area (Å²) in [4.78, 5) is 36.5. The SMILES string of the molecule is COC(=O)[C@H](Cc1ccccc1)NC(=O)Cn1nc(-c2ccco2)ccc1=O. The average molecular weight is 381 g/mol. The summed E-state index contributed by atoms with van der Waals surface area (Å²) < 4.78 is 11.1. The van der Waals surface area contributed by atoms with Crippen LogP contribution in [0.3, 0.4) is 0 Å². The summed E-state index contributed by atoms with van der Waals surface area (Å²) in [5, 5.41) is 6.75. The second-order valence-corrected chi connectivity index (χ2v) is 6.02. The zero-order valence-electron chi connectivity index (χ0n) is 15.2. The molecule has 28 heavy (non-hydrogen) atoms. The van der Waals surface area contributed by atoms with Crippen molar-refractivity contribution in [1.82, 2.24) is 15.1 Å². The van der Waals surface area contributed by atoms with Crippen molar-refractivity contribution >= 4 is 11.9 Å². The predicted molar refractivity (Wildman–Crippen MR) is 100 cm³/mol. The monoisotopic (exact) mass is 381 g/mol. The molecule has 8 nitrogen and oxygen atoms in total. The zero-order chi connectivity index (χ0) is 19.9. The van der Waals surface area contributed by atoms with Gasteiger partial charge in [0, 0.05) is 12.5 Å². The van der Waals surface area contributed by atoms with Gasteiger partial charge in [0.05, 0.1) is 13.4 Å². The minimum atomic E-state index is -0.871. The number of esters is 1. The summed E-state index contributed by atoms with van der Waals surface area (Å²) in [7, 11) is 1.26. The lowest BCUT2D eigenvalue weighted by Gasteiger charge is -2.17. The topological polar surface area (TPSA) is 103 Å².